The second-order valence-electron chi connectivity index (χ2n) is 18.1. The number of rotatable bonds is 45. The molecule has 0 bridgehead atoms. The highest BCUT2D eigenvalue weighted by Crippen LogP contribution is 2.15. The van der Waals surface area contributed by atoms with Gasteiger partial charge >= 0.3 is 17.9 Å². The summed E-state index contributed by atoms with van der Waals surface area (Å²) in [6, 6.07) is -0.618. The average Bonchev–Trinajstić information content (AvgIpc) is 3.23. The lowest BCUT2D eigenvalue weighted by Gasteiger charge is -2.31. The summed E-state index contributed by atoms with van der Waals surface area (Å²) in [5.41, 5.74) is 0. The van der Waals surface area contributed by atoms with E-state index < -0.39 is 18.1 Å². The van der Waals surface area contributed by atoms with Crippen LogP contribution >= 0.6 is 0 Å². The summed E-state index contributed by atoms with van der Waals surface area (Å²) in [5, 5.41) is 9.65. The summed E-state index contributed by atoms with van der Waals surface area (Å²) in [7, 11) is 5.53. The maximum absolute atomic E-state index is 12.8. The number of hydrogen-bond acceptors (Lipinski definition) is 6. The van der Waals surface area contributed by atoms with Gasteiger partial charge in [-0.2, -0.15) is 0 Å². The first kappa shape index (κ1) is 59.0. The molecule has 0 fully saturated rings. The summed E-state index contributed by atoms with van der Waals surface area (Å²) in [6.45, 7) is 4.61. The highest BCUT2D eigenvalue weighted by molar-refractivity contribution is 5.72. The zero-order chi connectivity index (χ0) is 45.6. The first-order valence-electron chi connectivity index (χ1n) is 25.3. The van der Waals surface area contributed by atoms with Crippen molar-refractivity contribution in [3.8, 4) is 0 Å². The van der Waals surface area contributed by atoms with Crippen molar-refractivity contribution in [3.63, 3.8) is 0 Å². The van der Waals surface area contributed by atoms with Crippen molar-refractivity contribution in [2.75, 3.05) is 41.0 Å². The van der Waals surface area contributed by atoms with Gasteiger partial charge in [0, 0.05) is 19.3 Å². The zero-order valence-electron chi connectivity index (χ0n) is 40.8. The maximum atomic E-state index is 12.8. The van der Waals surface area contributed by atoms with Gasteiger partial charge < -0.3 is 23.8 Å². The third-order valence-corrected chi connectivity index (χ3v) is 11.2. The Balaban J connectivity index is 4.26. The lowest BCUT2D eigenvalue weighted by molar-refractivity contribution is -0.887. The highest BCUT2D eigenvalue weighted by atomic mass is 16.6. The number of carboxylic acids is 1. The largest absolute Gasteiger partial charge is 0.477 e. The minimum absolute atomic E-state index is 0.0563. The Labute approximate surface area is 381 Å². The van der Waals surface area contributed by atoms with Crippen LogP contribution in [0.4, 0.5) is 0 Å². The molecule has 62 heavy (non-hydrogen) atoms. The van der Waals surface area contributed by atoms with Crippen molar-refractivity contribution in [2.24, 2.45) is 0 Å². The molecule has 8 nitrogen and oxygen atoms in total. The molecule has 0 rings (SSSR count). The average molecular weight is 871 g/mol. The van der Waals surface area contributed by atoms with E-state index >= 15 is 0 Å². The molecule has 0 radical (unpaired) electrons. The molecule has 2 unspecified atom stereocenters. The van der Waals surface area contributed by atoms with Gasteiger partial charge in [0.1, 0.15) is 6.61 Å². The molecule has 8 heteroatoms. The van der Waals surface area contributed by atoms with Gasteiger partial charge in [-0.05, 0) is 70.6 Å². The number of carbonyl (C=O) groups is 3. The molecule has 0 aliphatic heterocycles. The zero-order valence-corrected chi connectivity index (χ0v) is 40.8. The molecule has 0 aliphatic carbocycles. The molecule has 0 aromatic heterocycles. The van der Waals surface area contributed by atoms with E-state index in [1.807, 2.05) is 21.1 Å². The third kappa shape index (κ3) is 42.3. The van der Waals surface area contributed by atoms with Gasteiger partial charge in [-0.15, -0.1) is 0 Å². The number of esters is 2. The lowest BCUT2D eigenvalue weighted by Crippen LogP contribution is -2.50. The van der Waals surface area contributed by atoms with Gasteiger partial charge in [-0.25, -0.2) is 4.79 Å². The Morgan fingerprint density at radius 1 is 0.516 bits per heavy atom. The molecule has 0 aliphatic rings. The standard InChI is InChI=1S/C54H95NO7/c1-6-8-10-12-14-16-18-20-22-24-26-28-30-32-34-36-38-40-42-44-52(56)61-49-50(48-60-47-46-51(54(58)59)55(3,4)5)62-53(57)45-43-41-39-37-35-33-31-29-27-25-23-21-19-17-15-13-11-9-7-2/h8,10,14-17,19-22,50-51H,6-7,9,11-13,18,23-49H2,1-5H3/p+1/b10-8+,16-14+,17-15+,21-19+,22-20+. The van der Waals surface area contributed by atoms with Crippen LogP contribution in [0, 0.1) is 0 Å². The van der Waals surface area contributed by atoms with E-state index in [0.717, 1.165) is 64.2 Å². The summed E-state index contributed by atoms with van der Waals surface area (Å²) < 4.78 is 17.4. The number of allylic oxidation sites excluding steroid dienone is 10. The van der Waals surface area contributed by atoms with Crippen LogP contribution in [-0.2, 0) is 28.6 Å². The van der Waals surface area contributed by atoms with E-state index in [1.54, 1.807) is 0 Å². The molecule has 0 heterocycles. The van der Waals surface area contributed by atoms with Crippen LogP contribution in [-0.4, -0.2) is 80.6 Å². The predicted molar refractivity (Wildman–Crippen MR) is 261 cm³/mol. The van der Waals surface area contributed by atoms with Crippen molar-refractivity contribution in [2.45, 2.75) is 225 Å². The van der Waals surface area contributed by atoms with Gasteiger partial charge in [0.25, 0.3) is 0 Å². The van der Waals surface area contributed by atoms with Gasteiger partial charge in [-0.3, -0.25) is 9.59 Å². The summed E-state index contributed by atoms with van der Waals surface area (Å²) in [6.07, 6.45) is 55.5. The van der Waals surface area contributed by atoms with Crippen molar-refractivity contribution < 1.29 is 38.2 Å². The fraction of sp³-hybridized carbons (Fsp3) is 0.759. The molecule has 0 spiro atoms. The maximum Gasteiger partial charge on any atom is 0.362 e. The van der Waals surface area contributed by atoms with Crippen LogP contribution in [0.2, 0.25) is 0 Å². The van der Waals surface area contributed by atoms with Crippen molar-refractivity contribution in [1.29, 1.82) is 0 Å². The monoisotopic (exact) mass is 871 g/mol. The smallest absolute Gasteiger partial charge is 0.362 e. The van der Waals surface area contributed by atoms with Crippen LogP contribution in [0.15, 0.2) is 60.8 Å². The van der Waals surface area contributed by atoms with Crippen LogP contribution in [0.5, 0.6) is 0 Å². The van der Waals surface area contributed by atoms with Gasteiger partial charge in [0.2, 0.25) is 0 Å². The number of hydrogen-bond donors (Lipinski definition) is 1. The SMILES string of the molecule is CC/C=C/C/C=C/C/C=C/CCCCCCCCCCCC(=O)OCC(COCCC(C(=O)O)[N+](C)(C)C)OC(=O)CCCCCCCCCCCC/C=C/C=C/CCCCC. The highest BCUT2D eigenvalue weighted by Gasteiger charge is 2.31. The van der Waals surface area contributed by atoms with E-state index in [2.05, 4.69) is 74.6 Å². The fourth-order valence-corrected chi connectivity index (χ4v) is 7.27. The molecular weight excluding hydrogens is 775 g/mol. The topological polar surface area (TPSA) is 99.1 Å². The van der Waals surface area contributed by atoms with Crippen LogP contribution in [0.1, 0.15) is 213 Å². The van der Waals surface area contributed by atoms with E-state index in [9.17, 15) is 19.5 Å². The molecule has 0 aromatic rings. The molecule has 0 amide bonds. The summed E-state index contributed by atoms with van der Waals surface area (Å²) in [4.78, 5) is 37.2. The Bertz CT molecular complexity index is 1200. The molecule has 0 saturated heterocycles. The Kier molecular flexibility index (Phi) is 42.5. The number of ether oxygens (including phenoxy) is 3. The first-order valence-corrected chi connectivity index (χ1v) is 25.3. The Morgan fingerprint density at radius 3 is 1.44 bits per heavy atom. The second-order valence-corrected chi connectivity index (χ2v) is 18.1. The number of aliphatic carboxylic acids is 1. The quantitative estimate of drug-likeness (QED) is 0.0214. The molecular formula is C54H96NO7+. The van der Waals surface area contributed by atoms with Gasteiger partial charge in [0.05, 0.1) is 34.4 Å². The number of quaternary nitrogens is 1. The lowest BCUT2D eigenvalue weighted by atomic mass is 10.1. The minimum Gasteiger partial charge on any atom is -0.477 e. The van der Waals surface area contributed by atoms with Crippen molar-refractivity contribution in [3.05, 3.63) is 60.8 Å². The number of carbonyl (C=O) groups excluding carboxylic acids is 2. The van der Waals surface area contributed by atoms with E-state index in [1.165, 1.54) is 116 Å². The Hall–Kier alpha value is -2.97. The van der Waals surface area contributed by atoms with E-state index in [-0.39, 0.29) is 36.2 Å². The minimum atomic E-state index is -0.877. The van der Waals surface area contributed by atoms with E-state index in [0.29, 0.717) is 19.3 Å². The predicted octanol–water partition coefficient (Wildman–Crippen LogP) is 14.5. The van der Waals surface area contributed by atoms with Gasteiger partial charge in [-0.1, -0.05) is 184 Å². The summed E-state index contributed by atoms with van der Waals surface area (Å²) in [5.74, 6) is -1.48. The normalized spacial score (nSPS) is 13.4. The van der Waals surface area contributed by atoms with Crippen molar-refractivity contribution >= 4 is 17.9 Å². The molecule has 0 aromatic carbocycles. The first-order chi connectivity index (χ1) is 30.1. The van der Waals surface area contributed by atoms with E-state index in [4.69, 9.17) is 14.2 Å². The van der Waals surface area contributed by atoms with Crippen LogP contribution in [0.25, 0.3) is 0 Å². The Morgan fingerprint density at radius 2 is 0.952 bits per heavy atom. The van der Waals surface area contributed by atoms with Crippen molar-refractivity contribution in [1.82, 2.24) is 0 Å². The number of likely N-dealkylation sites (N-methyl/N-ethyl adjacent to an activating group) is 1. The van der Waals surface area contributed by atoms with Gasteiger partial charge in [0.15, 0.2) is 12.1 Å². The molecule has 2 atom stereocenters. The number of unbranched alkanes of at least 4 members (excludes halogenated alkanes) is 22. The molecule has 358 valence electrons. The molecule has 0 saturated carbocycles. The summed E-state index contributed by atoms with van der Waals surface area (Å²) >= 11 is 0. The number of nitrogens with zero attached hydrogens (tertiary/aromatic N) is 1. The fourth-order valence-electron chi connectivity index (χ4n) is 7.27. The number of carboxylic acid groups (broad SMARTS) is 1. The second kappa shape index (κ2) is 44.6. The van der Waals surface area contributed by atoms with Crippen LogP contribution < -0.4 is 0 Å². The molecule has 1 N–H and O–H groups in total. The third-order valence-electron chi connectivity index (χ3n) is 11.2. The van der Waals surface area contributed by atoms with Crippen LogP contribution in [0.3, 0.4) is 0 Å².